The number of rotatable bonds is 5. The van der Waals surface area contributed by atoms with Gasteiger partial charge in [-0.05, 0) is 48.1 Å². The van der Waals surface area contributed by atoms with Crippen LogP contribution in [0.2, 0.25) is 5.02 Å². The molecule has 0 heterocycles. The molecule has 2 heteroatoms. The molecule has 3 rings (SSSR count). The van der Waals surface area contributed by atoms with Crippen LogP contribution in [0.3, 0.4) is 0 Å². The summed E-state index contributed by atoms with van der Waals surface area (Å²) in [5, 5.41) is 4.45. The highest BCUT2D eigenvalue weighted by Gasteiger charge is 2.26. The number of hydrogen-bond donors (Lipinski definition) is 1. The Morgan fingerprint density at radius 1 is 1.05 bits per heavy atom. The lowest BCUT2D eigenvalue weighted by molar-refractivity contribution is 0.414. The molecule has 1 aliphatic rings. The molecule has 1 fully saturated rings. The molecule has 0 bridgehead atoms. The van der Waals surface area contributed by atoms with Crippen LogP contribution in [0.25, 0.3) is 0 Å². The van der Waals surface area contributed by atoms with E-state index in [1.165, 1.54) is 36.0 Å². The molecule has 0 aliphatic heterocycles. The summed E-state index contributed by atoms with van der Waals surface area (Å²) < 4.78 is 0. The maximum Gasteiger partial charge on any atom is 0.0594 e. The maximum atomic E-state index is 6.44. The summed E-state index contributed by atoms with van der Waals surface area (Å²) in [6, 6.07) is 17.2. The molecule has 0 aromatic heterocycles. The number of hydrogen-bond acceptors (Lipinski definition) is 1. The second-order valence-electron chi connectivity index (χ2n) is 5.77. The Kier molecular flexibility index (Phi) is 4.62. The van der Waals surface area contributed by atoms with Gasteiger partial charge in [-0.1, -0.05) is 67.4 Å². The van der Waals surface area contributed by atoms with E-state index in [4.69, 9.17) is 11.6 Å². The molecule has 1 N–H and O–H groups in total. The highest BCUT2D eigenvalue weighted by atomic mass is 35.5. The third-order valence-corrected chi connectivity index (χ3v) is 4.82. The van der Waals surface area contributed by atoms with E-state index in [9.17, 15) is 0 Å². The normalized spacial score (nSPS) is 16.5. The lowest BCUT2D eigenvalue weighted by Gasteiger charge is -2.31. The fraction of sp³-hybridized carbons (Fsp3) is 0.368. The molecule has 1 unspecified atom stereocenters. The van der Waals surface area contributed by atoms with Gasteiger partial charge in [0.25, 0.3) is 0 Å². The standard InChI is InChI=1S/C19H22ClN/c1-2-21-19(17-12-5-6-13-18(17)20)16-11-4-3-10-15(16)14-8-7-9-14/h3-6,10-14,19,21H,2,7-9H2,1H3. The third kappa shape index (κ3) is 3.00. The fourth-order valence-electron chi connectivity index (χ4n) is 3.17. The molecule has 1 atom stereocenters. The average molecular weight is 300 g/mol. The molecule has 1 saturated carbocycles. The monoisotopic (exact) mass is 299 g/mol. The second kappa shape index (κ2) is 6.64. The van der Waals surface area contributed by atoms with E-state index >= 15 is 0 Å². The van der Waals surface area contributed by atoms with Crippen LogP contribution in [0.5, 0.6) is 0 Å². The van der Waals surface area contributed by atoms with Crippen molar-refractivity contribution in [3.8, 4) is 0 Å². The van der Waals surface area contributed by atoms with Crippen LogP contribution < -0.4 is 5.32 Å². The van der Waals surface area contributed by atoms with E-state index in [-0.39, 0.29) is 6.04 Å². The van der Waals surface area contributed by atoms with Gasteiger partial charge >= 0.3 is 0 Å². The summed E-state index contributed by atoms with van der Waals surface area (Å²) >= 11 is 6.44. The van der Waals surface area contributed by atoms with Gasteiger partial charge in [0.15, 0.2) is 0 Å². The van der Waals surface area contributed by atoms with Crippen LogP contribution in [0.1, 0.15) is 54.8 Å². The highest BCUT2D eigenvalue weighted by Crippen LogP contribution is 2.41. The molecule has 0 saturated heterocycles. The van der Waals surface area contributed by atoms with Crippen molar-refractivity contribution in [2.75, 3.05) is 6.54 Å². The summed E-state index contributed by atoms with van der Waals surface area (Å²) in [5.41, 5.74) is 4.06. The summed E-state index contributed by atoms with van der Waals surface area (Å²) in [7, 11) is 0. The van der Waals surface area contributed by atoms with Crippen molar-refractivity contribution in [3.05, 3.63) is 70.2 Å². The van der Waals surface area contributed by atoms with Crippen molar-refractivity contribution in [1.82, 2.24) is 5.32 Å². The molecule has 0 amide bonds. The van der Waals surface area contributed by atoms with E-state index in [1.54, 1.807) is 0 Å². The first-order valence-corrected chi connectivity index (χ1v) is 8.25. The Morgan fingerprint density at radius 2 is 1.71 bits per heavy atom. The molecule has 0 spiro atoms. The molecule has 110 valence electrons. The molecule has 2 aromatic carbocycles. The molecule has 2 aromatic rings. The minimum atomic E-state index is 0.181. The van der Waals surface area contributed by atoms with E-state index < -0.39 is 0 Å². The topological polar surface area (TPSA) is 12.0 Å². The predicted octanol–water partition coefficient (Wildman–Crippen LogP) is 5.31. The fourth-order valence-corrected chi connectivity index (χ4v) is 3.41. The first-order chi connectivity index (χ1) is 10.3. The average Bonchev–Trinajstić information content (AvgIpc) is 2.45. The lowest BCUT2D eigenvalue weighted by Crippen LogP contribution is -2.25. The Balaban J connectivity index is 2.03. The van der Waals surface area contributed by atoms with Crippen LogP contribution in [-0.4, -0.2) is 6.54 Å². The van der Waals surface area contributed by atoms with Crippen LogP contribution in [0.4, 0.5) is 0 Å². The smallest absolute Gasteiger partial charge is 0.0594 e. The summed E-state index contributed by atoms with van der Waals surface area (Å²) in [6.07, 6.45) is 3.99. The van der Waals surface area contributed by atoms with Crippen LogP contribution in [0, 0.1) is 0 Å². The van der Waals surface area contributed by atoms with Crippen molar-refractivity contribution in [3.63, 3.8) is 0 Å². The summed E-state index contributed by atoms with van der Waals surface area (Å²) in [6.45, 7) is 3.07. The van der Waals surface area contributed by atoms with Crippen LogP contribution in [-0.2, 0) is 0 Å². The molecular weight excluding hydrogens is 278 g/mol. The molecule has 1 aliphatic carbocycles. The summed E-state index contributed by atoms with van der Waals surface area (Å²) in [5.74, 6) is 0.727. The minimum Gasteiger partial charge on any atom is -0.306 e. The molecular formula is C19H22ClN. The van der Waals surface area contributed by atoms with E-state index in [0.717, 1.165) is 17.5 Å². The van der Waals surface area contributed by atoms with E-state index in [2.05, 4.69) is 48.6 Å². The van der Waals surface area contributed by atoms with Crippen LogP contribution >= 0.6 is 11.6 Å². The Bertz CT molecular complexity index is 604. The Hall–Kier alpha value is -1.31. The maximum absolute atomic E-state index is 6.44. The van der Waals surface area contributed by atoms with Gasteiger partial charge in [-0.25, -0.2) is 0 Å². The first-order valence-electron chi connectivity index (χ1n) is 7.88. The van der Waals surface area contributed by atoms with Gasteiger partial charge in [0.1, 0.15) is 0 Å². The molecule has 21 heavy (non-hydrogen) atoms. The van der Waals surface area contributed by atoms with Gasteiger partial charge in [-0.2, -0.15) is 0 Å². The number of halogens is 1. The first kappa shape index (κ1) is 14.6. The van der Waals surface area contributed by atoms with Crippen LogP contribution in [0.15, 0.2) is 48.5 Å². The highest BCUT2D eigenvalue weighted by molar-refractivity contribution is 6.31. The Morgan fingerprint density at radius 3 is 2.33 bits per heavy atom. The van der Waals surface area contributed by atoms with Gasteiger partial charge in [0.2, 0.25) is 0 Å². The van der Waals surface area contributed by atoms with Crippen molar-refractivity contribution < 1.29 is 0 Å². The predicted molar refractivity (Wildman–Crippen MR) is 90.0 cm³/mol. The van der Waals surface area contributed by atoms with Crippen molar-refractivity contribution >= 4 is 11.6 Å². The minimum absolute atomic E-state index is 0.181. The Labute approximate surface area is 132 Å². The lowest BCUT2D eigenvalue weighted by atomic mass is 9.76. The van der Waals surface area contributed by atoms with Gasteiger partial charge in [-0.3, -0.25) is 0 Å². The van der Waals surface area contributed by atoms with E-state index in [1.807, 2.05) is 12.1 Å². The van der Waals surface area contributed by atoms with Gasteiger partial charge in [0.05, 0.1) is 6.04 Å². The molecule has 0 radical (unpaired) electrons. The van der Waals surface area contributed by atoms with Gasteiger partial charge in [-0.15, -0.1) is 0 Å². The second-order valence-corrected chi connectivity index (χ2v) is 6.18. The third-order valence-electron chi connectivity index (χ3n) is 4.48. The van der Waals surface area contributed by atoms with Crippen molar-refractivity contribution in [2.24, 2.45) is 0 Å². The quantitative estimate of drug-likeness (QED) is 0.789. The van der Waals surface area contributed by atoms with Crippen molar-refractivity contribution in [2.45, 2.75) is 38.1 Å². The van der Waals surface area contributed by atoms with E-state index in [0.29, 0.717) is 0 Å². The largest absolute Gasteiger partial charge is 0.306 e. The molecule has 1 nitrogen and oxygen atoms in total. The number of nitrogens with one attached hydrogen (secondary N) is 1. The zero-order valence-corrected chi connectivity index (χ0v) is 13.2. The zero-order valence-electron chi connectivity index (χ0n) is 12.5. The van der Waals surface area contributed by atoms with Crippen molar-refractivity contribution in [1.29, 1.82) is 0 Å². The summed E-state index contributed by atoms with van der Waals surface area (Å²) in [4.78, 5) is 0. The van der Waals surface area contributed by atoms with Gasteiger partial charge < -0.3 is 5.32 Å². The number of benzene rings is 2. The zero-order chi connectivity index (χ0) is 14.7. The van der Waals surface area contributed by atoms with Gasteiger partial charge in [0, 0.05) is 5.02 Å². The SMILES string of the molecule is CCNC(c1ccccc1Cl)c1ccccc1C1CCC1.